The van der Waals surface area contributed by atoms with E-state index in [1.54, 1.807) is 7.11 Å². The van der Waals surface area contributed by atoms with Crippen molar-refractivity contribution in [3.05, 3.63) is 89.8 Å². The normalized spacial score (nSPS) is 11.0. The fourth-order valence-corrected chi connectivity index (χ4v) is 2.68. The quantitative estimate of drug-likeness (QED) is 0.633. The second-order valence-electron chi connectivity index (χ2n) is 5.84. The first kappa shape index (κ1) is 17.2. The highest BCUT2D eigenvalue weighted by molar-refractivity contribution is 5.12. The van der Waals surface area contributed by atoms with E-state index in [-0.39, 0.29) is 0 Å². The third kappa shape index (κ3) is 5.45. The molecule has 3 aromatic heterocycles. The number of methoxy groups -OCH3 is 1. The lowest BCUT2D eigenvalue weighted by atomic mass is 10.2. The Bertz CT molecular complexity index is 723. The molecule has 0 aromatic carbocycles. The van der Waals surface area contributed by atoms with E-state index in [1.807, 2.05) is 67.0 Å². The molecule has 0 bridgehead atoms. The summed E-state index contributed by atoms with van der Waals surface area (Å²) < 4.78 is 5.18. The Labute approximate surface area is 148 Å². The summed E-state index contributed by atoms with van der Waals surface area (Å²) >= 11 is 0. The van der Waals surface area contributed by atoms with E-state index in [1.165, 1.54) is 0 Å². The Morgan fingerprint density at radius 3 is 1.84 bits per heavy atom. The molecule has 3 rings (SSSR count). The molecule has 0 spiro atoms. The lowest BCUT2D eigenvalue weighted by Gasteiger charge is -2.21. The minimum Gasteiger partial charge on any atom is -0.378 e. The summed E-state index contributed by atoms with van der Waals surface area (Å²) in [5.41, 5.74) is 4.02. The van der Waals surface area contributed by atoms with Crippen molar-refractivity contribution in [2.24, 2.45) is 0 Å². The number of rotatable bonds is 8. The van der Waals surface area contributed by atoms with Crippen molar-refractivity contribution in [3.8, 4) is 0 Å². The van der Waals surface area contributed by atoms with Crippen molar-refractivity contribution in [2.75, 3.05) is 7.11 Å². The van der Waals surface area contributed by atoms with Gasteiger partial charge in [-0.05, 0) is 36.4 Å². The van der Waals surface area contributed by atoms with Crippen LogP contribution < -0.4 is 0 Å². The van der Waals surface area contributed by atoms with Crippen molar-refractivity contribution in [3.63, 3.8) is 0 Å². The number of aromatic nitrogens is 3. The zero-order valence-electron chi connectivity index (χ0n) is 14.4. The van der Waals surface area contributed by atoms with E-state index in [9.17, 15) is 0 Å². The van der Waals surface area contributed by atoms with Crippen LogP contribution in [0.3, 0.4) is 0 Å². The molecule has 0 fully saturated rings. The average molecular weight is 334 g/mol. The van der Waals surface area contributed by atoms with Gasteiger partial charge < -0.3 is 4.74 Å². The molecule has 5 heteroatoms. The van der Waals surface area contributed by atoms with Gasteiger partial charge >= 0.3 is 0 Å². The Hall–Kier alpha value is -2.63. The van der Waals surface area contributed by atoms with E-state index in [2.05, 4.69) is 19.9 Å². The van der Waals surface area contributed by atoms with Crippen LogP contribution in [-0.2, 0) is 31.0 Å². The number of nitrogens with zero attached hydrogens (tertiary/aromatic N) is 4. The zero-order valence-corrected chi connectivity index (χ0v) is 14.4. The van der Waals surface area contributed by atoms with Crippen molar-refractivity contribution >= 4 is 0 Å². The second kappa shape index (κ2) is 9.01. The topological polar surface area (TPSA) is 51.1 Å². The van der Waals surface area contributed by atoms with Gasteiger partial charge in [0.05, 0.1) is 29.4 Å². The van der Waals surface area contributed by atoms with Gasteiger partial charge in [0, 0.05) is 39.1 Å². The summed E-state index contributed by atoms with van der Waals surface area (Å²) in [6.07, 6.45) is 3.65. The van der Waals surface area contributed by atoms with Gasteiger partial charge in [0.15, 0.2) is 0 Å². The van der Waals surface area contributed by atoms with Crippen LogP contribution in [-0.4, -0.2) is 27.0 Å². The molecule has 3 heterocycles. The first-order valence-electron chi connectivity index (χ1n) is 8.29. The molecule has 3 aromatic rings. The SMILES string of the molecule is COCc1cccc(CN(Cc2ccccn2)Cc2ccccn2)n1. The molecule has 0 aliphatic rings. The van der Waals surface area contributed by atoms with Crippen LogP contribution in [0.25, 0.3) is 0 Å². The van der Waals surface area contributed by atoms with Gasteiger partial charge in [-0.25, -0.2) is 0 Å². The summed E-state index contributed by atoms with van der Waals surface area (Å²) in [6, 6.07) is 18.0. The van der Waals surface area contributed by atoms with Crippen LogP contribution in [0.5, 0.6) is 0 Å². The summed E-state index contributed by atoms with van der Waals surface area (Å²) in [4.78, 5) is 15.9. The highest BCUT2D eigenvalue weighted by atomic mass is 16.5. The molecule has 0 N–H and O–H groups in total. The van der Waals surface area contributed by atoms with Gasteiger partial charge in [-0.15, -0.1) is 0 Å². The molecular formula is C20H22N4O. The van der Waals surface area contributed by atoms with E-state index < -0.39 is 0 Å². The van der Waals surface area contributed by atoms with E-state index in [0.29, 0.717) is 6.61 Å². The summed E-state index contributed by atoms with van der Waals surface area (Å²) in [6.45, 7) is 2.74. The third-order valence-electron chi connectivity index (χ3n) is 3.77. The van der Waals surface area contributed by atoms with Crippen LogP contribution >= 0.6 is 0 Å². The van der Waals surface area contributed by atoms with E-state index in [4.69, 9.17) is 4.74 Å². The second-order valence-corrected chi connectivity index (χ2v) is 5.84. The van der Waals surface area contributed by atoms with Crippen molar-refractivity contribution in [1.29, 1.82) is 0 Å². The van der Waals surface area contributed by atoms with Crippen molar-refractivity contribution in [2.45, 2.75) is 26.2 Å². The Kier molecular flexibility index (Phi) is 6.20. The maximum absolute atomic E-state index is 5.18. The molecule has 0 unspecified atom stereocenters. The first-order chi connectivity index (χ1) is 12.3. The molecule has 0 saturated carbocycles. The smallest absolute Gasteiger partial charge is 0.0884 e. The highest BCUT2D eigenvalue weighted by Gasteiger charge is 2.11. The van der Waals surface area contributed by atoms with Gasteiger partial charge in [0.2, 0.25) is 0 Å². The van der Waals surface area contributed by atoms with E-state index in [0.717, 1.165) is 42.4 Å². The predicted molar refractivity (Wildman–Crippen MR) is 96.4 cm³/mol. The Morgan fingerprint density at radius 1 is 0.720 bits per heavy atom. The molecular weight excluding hydrogens is 312 g/mol. The predicted octanol–water partition coefficient (Wildman–Crippen LogP) is 3.22. The fraction of sp³-hybridized carbons (Fsp3) is 0.250. The monoisotopic (exact) mass is 334 g/mol. The number of hydrogen-bond acceptors (Lipinski definition) is 5. The van der Waals surface area contributed by atoms with Gasteiger partial charge in [-0.1, -0.05) is 18.2 Å². The van der Waals surface area contributed by atoms with Gasteiger partial charge in [0.1, 0.15) is 0 Å². The molecule has 25 heavy (non-hydrogen) atoms. The largest absolute Gasteiger partial charge is 0.378 e. The maximum Gasteiger partial charge on any atom is 0.0884 e. The lowest BCUT2D eigenvalue weighted by Crippen LogP contribution is -2.24. The van der Waals surface area contributed by atoms with Gasteiger partial charge in [-0.3, -0.25) is 19.9 Å². The summed E-state index contributed by atoms with van der Waals surface area (Å²) in [5.74, 6) is 0. The Balaban J connectivity index is 1.76. The van der Waals surface area contributed by atoms with Crippen LogP contribution in [0, 0.1) is 0 Å². The summed E-state index contributed by atoms with van der Waals surface area (Å²) in [5, 5.41) is 0. The van der Waals surface area contributed by atoms with Gasteiger partial charge in [0.25, 0.3) is 0 Å². The molecule has 0 radical (unpaired) electrons. The van der Waals surface area contributed by atoms with Crippen molar-refractivity contribution < 1.29 is 4.74 Å². The number of ether oxygens (including phenoxy) is 1. The zero-order chi connectivity index (χ0) is 17.3. The van der Waals surface area contributed by atoms with Gasteiger partial charge in [-0.2, -0.15) is 0 Å². The molecule has 0 atom stereocenters. The first-order valence-corrected chi connectivity index (χ1v) is 8.29. The summed E-state index contributed by atoms with van der Waals surface area (Å²) in [7, 11) is 1.68. The third-order valence-corrected chi connectivity index (χ3v) is 3.77. The standard InChI is InChI=1S/C20H22N4O/c1-25-16-20-10-6-9-19(23-20)15-24(13-17-7-2-4-11-21-17)14-18-8-3-5-12-22-18/h2-12H,13-16H2,1H3. The minimum absolute atomic E-state index is 0.522. The minimum atomic E-state index is 0.522. The Morgan fingerprint density at radius 2 is 1.28 bits per heavy atom. The molecule has 5 nitrogen and oxygen atoms in total. The van der Waals surface area contributed by atoms with Crippen LogP contribution in [0.4, 0.5) is 0 Å². The number of hydrogen-bond donors (Lipinski definition) is 0. The van der Waals surface area contributed by atoms with Crippen molar-refractivity contribution in [1.82, 2.24) is 19.9 Å². The van der Waals surface area contributed by atoms with Crippen LogP contribution in [0.15, 0.2) is 67.0 Å². The highest BCUT2D eigenvalue weighted by Crippen LogP contribution is 2.12. The van der Waals surface area contributed by atoms with Crippen LogP contribution in [0.2, 0.25) is 0 Å². The lowest BCUT2D eigenvalue weighted by molar-refractivity contribution is 0.180. The average Bonchev–Trinajstić information content (AvgIpc) is 2.64. The fourth-order valence-electron chi connectivity index (χ4n) is 2.68. The molecule has 0 amide bonds. The molecule has 0 aliphatic heterocycles. The molecule has 0 saturated heterocycles. The number of pyridine rings is 3. The van der Waals surface area contributed by atoms with Crippen LogP contribution in [0.1, 0.15) is 22.8 Å². The maximum atomic E-state index is 5.18. The molecule has 0 aliphatic carbocycles. The molecule has 128 valence electrons. The van der Waals surface area contributed by atoms with E-state index >= 15 is 0 Å².